The molecule has 2 unspecified atom stereocenters. The van der Waals surface area contributed by atoms with E-state index in [1.54, 1.807) is 11.3 Å². The molecule has 3 heteroatoms. The lowest BCUT2D eigenvalue weighted by Gasteiger charge is -2.20. The van der Waals surface area contributed by atoms with E-state index in [2.05, 4.69) is 64.3 Å². The Hall–Kier alpha value is -1.16. The average Bonchev–Trinajstić information content (AvgIpc) is 3.12. The Balaban J connectivity index is 1.44. The standard InChI is InChI=1S/C18H24N2S/c1-15(11-17-8-10-21-14-17)19-18-7-9-20(13-18)12-16-5-3-2-4-6-16/h2-6,8,10,14-15,18-19H,7,9,11-13H2,1H3. The Morgan fingerprint density at radius 1 is 1.24 bits per heavy atom. The molecule has 1 fully saturated rings. The summed E-state index contributed by atoms with van der Waals surface area (Å²) in [6.45, 7) is 5.76. The van der Waals surface area contributed by atoms with Crippen molar-refractivity contribution in [3.05, 3.63) is 58.3 Å². The number of nitrogens with zero attached hydrogens (tertiary/aromatic N) is 1. The van der Waals surface area contributed by atoms with Gasteiger partial charge < -0.3 is 5.32 Å². The molecule has 0 saturated carbocycles. The van der Waals surface area contributed by atoms with Gasteiger partial charge in [-0.3, -0.25) is 4.90 Å². The average molecular weight is 300 g/mol. The van der Waals surface area contributed by atoms with Crippen LogP contribution >= 0.6 is 11.3 Å². The molecule has 1 aromatic carbocycles. The summed E-state index contributed by atoms with van der Waals surface area (Å²) in [5, 5.41) is 8.22. The monoisotopic (exact) mass is 300 g/mol. The molecule has 1 aliphatic heterocycles. The maximum atomic E-state index is 3.80. The number of benzene rings is 1. The fourth-order valence-electron chi connectivity index (χ4n) is 3.18. The van der Waals surface area contributed by atoms with Gasteiger partial charge in [0.05, 0.1) is 0 Å². The van der Waals surface area contributed by atoms with E-state index in [0.717, 1.165) is 13.0 Å². The summed E-state index contributed by atoms with van der Waals surface area (Å²) in [6, 6.07) is 14.2. The molecule has 2 heterocycles. The lowest BCUT2D eigenvalue weighted by atomic mass is 10.1. The van der Waals surface area contributed by atoms with Gasteiger partial charge >= 0.3 is 0 Å². The summed E-state index contributed by atoms with van der Waals surface area (Å²) in [5.74, 6) is 0. The Labute approximate surface area is 131 Å². The summed E-state index contributed by atoms with van der Waals surface area (Å²) in [5.41, 5.74) is 2.88. The highest BCUT2D eigenvalue weighted by molar-refractivity contribution is 7.07. The van der Waals surface area contributed by atoms with Gasteiger partial charge in [-0.15, -0.1) is 0 Å². The van der Waals surface area contributed by atoms with Crippen molar-refractivity contribution >= 4 is 11.3 Å². The van der Waals surface area contributed by atoms with Gasteiger partial charge in [-0.05, 0) is 47.7 Å². The van der Waals surface area contributed by atoms with E-state index in [1.807, 2.05) is 0 Å². The van der Waals surface area contributed by atoms with Crippen LogP contribution in [-0.2, 0) is 13.0 Å². The molecular formula is C18H24N2S. The second kappa shape index (κ2) is 7.21. The van der Waals surface area contributed by atoms with Crippen molar-refractivity contribution < 1.29 is 0 Å². The van der Waals surface area contributed by atoms with Crippen LogP contribution in [-0.4, -0.2) is 30.1 Å². The third-order valence-corrected chi connectivity index (χ3v) is 4.90. The quantitative estimate of drug-likeness (QED) is 0.878. The van der Waals surface area contributed by atoms with E-state index in [9.17, 15) is 0 Å². The molecule has 112 valence electrons. The van der Waals surface area contributed by atoms with Crippen molar-refractivity contribution in [3.8, 4) is 0 Å². The van der Waals surface area contributed by atoms with Crippen LogP contribution in [0.3, 0.4) is 0 Å². The van der Waals surface area contributed by atoms with Crippen LogP contribution in [0.2, 0.25) is 0 Å². The fourth-order valence-corrected chi connectivity index (χ4v) is 3.86. The van der Waals surface area contributed by atoms with Crippen molar-refractivity contribution in [1.82, 2.24) is 10.2 Å². The summed E-state index contributed by atoms with van der Waals surface area (Å²) < 4.78 is 0. The number of hydrogen-bond donors (Lipinski definition) is 1. The molecule has 0 radical (unpaired) electrons. The molecule has 2 aromatic rings. The molecule has 0 aliphatic carbocycles. The van der Waals surface area contributed by atoms with Crippen molar-refractivity contribution in [2.75, 3.05) is 13.1 Å². The lowest BCUT2D eigenvalue weighted by Crippen LogP contribution is -2.39. The second-order valence-electron chi connectivity index (χ2n) is 6.11. The van der Waals surface area contributed by atoms with Gasteiger partial charge in [0.15, 0.2) is 0 Å². The highest BCUT2D eigenvalue weighted by Gasteiger charge is 2.23. The van der Waals surface area contributed by atoms with Gasteiger partial charge in [0.2, 0.25) is 0 Å². The minimum Gasteiger partial charge on any atom is -0.310 e. The van der Waals surface area contributed by atoms with E-state index < -0.39 is 0 Å². The minimum absolute atomic E-state index is 0.557. The third-order valence-electron chi connectivity index (χ3n) is 4.16. The molecule has 0 bridgehead atoms. The maximum Gasteiger partial charge on any atom is 0.0234 e. The van der Waals surface area contributed by atoms with Crippen molar-refractivity contribution in [2.45, 2.75) is 38.4 Å². The first kappa shape index (κ1) is 14.8. The molecule has 0 amide bonds. The van der Waals surface area contributed by atoms with Crippen LogP contribution < -0.4 is 5.32 Å². The number of thiophene rings is 1. The van der Waals surface area contributed by atoms with Gasteiger partial charge in [0.25, 0.3) is 0 Å². The summed E-state index contributed by atoms with van der Waals surface area (Å²) in [7, 11) is 0. The second-order valence-corrected chi connectivity index (χ2v) is 6.89. The van der Waals surface area contributed by atoms with Gasteiger partial charge in [-0.1, -0.05) is 30.3 Å². The predicted molar refractivity (Wildman–Crippen MR) is 90.7 cm³/mol. The molecule has 3 rings (SSSR count). The third kappa shape index (κ3) is 4.40. The van der Waals surface area contributed by atoms with E-state index in [1.165, 1.54) is 30.6 Å². The Bertz CT molecular complexity index is 523. The lowest BCUT2D eigenvalue weighted by molar-refractivity contribution is 0.315. The van der Waals surface area contributed by atoms with Gasteiger partial charge in [0, 0.05) is 31.7 Å². The van der Waals surface area contributed by atoms with E-state index in [-0.39, 0.29) is 0 Å². The van der Waals surface area contributed by atoms with Crippen LogP contribution in [0.5, 0.6) is 0 Å². The Morgan fingerprint density at radius 3 is 2.86 bits per heavy atom. The molecule has 1 aromatic heterocycles. The molecule has 2 nitrogen and oxygen atoms in total. The number of nitrogens with one attached hydrogen (secondary N) is 1. The first-order valence-corrected chi connectivity index (χ1v) is 8.77. The van der Waals surface area contributed by atoms with Crippen LogP contribution in [0.4, 0.5) is 0 Å². The minimum atomic E-state index is 0.557. The highest BCUT2D eigenvalue weighted by Crippen LogP contribution is 2.15. The molecule has 0 spiro atoms. The Morgan fingerprint density at radius 2 is 2.10 bits per heavy atom. The molecule has 21 heavy (non-hydrogen) atoms. The zero-order chi connectivity index (χ0) is 14.5. The summed E-state index contributed by atoms with van der Waals surface area (Å²) in [6.07, 6.45) is 2.40. The zero-order valence-electron chi connectivity index (χ0n) is 12.7. The van der Waals surface area contributed by atoms with Gasteiger partial charge in [-0.25, -0.2) is 0 Å². The smallest absolute Gasteiger partial charge is 0.0234 e. The number of rotatable bonds is 6. The van der Waals surface area contributed by atoms with Crippen molar-refractivity contribution in [3.63, 3.8) is 0 Å². The van der Waals surface area contributed by atoms with Crippen molar-refractivity contribution in [2.24, 2.45) is 0 Å². The van der Waals surface area contributed by atoms with Gasteiger partial charge in [0.1, 0.15) is 0 Å². The van der Waals surface area contributed by atoms with Crippen LogP contribution in [0.25, 0.3) is 0 Å². The van der Waals surface area contributed by atoms with Crippen LogP contribution in [0.15, 0.2) is 47.2 Å². The largest absolute Gasteiger partial charge is 0.310 e. The molecular weight excluding hydrogens is 276 g/mol. The van der Waals surface area contributed by atoms with E-state index in [0.29, 0.717) is 12.1 Å². The van der Waals surface area contributed by atoms with Gasteiger partial charge in [-0.2, -0.15) is 11.3 Å². The first-order chi connectivity index (χ1) is 10.3. The SMILES string of the molecule is CC(Cc1ccsc1)NC1CCN(Cc2ccccc2)C1. The zero-order valence-corrected chi connectivity index (χ0v) is 13.5. The van der Waals surface area contributed by atoms with Crippen LogP contribution in [0.1, 0.15) is 24.5 Å². The summed E-state index contributed by atoms with van der Waals surface area (Å²) >= 11 is 1.79. The molecule has 1 aliphatic rings. The van der Waals surface area contributed by atoms with Crippen LogP contribution in [0, 0.1) is 0 Å². The highest BCUT2D eigenvalue weighted by atomic mass is 32.1. The number of likely N-dealkylation sites (tertiary alicyclic amines) is 1. The summed E-state index contributed by atoms with van der Waals surface area (Å²) in [4.78, 5) is 2.56. The topological polar surface area (TPSA) is 15.3 Å². The van der Waals surface area contributed by atoms with Crippen molar-refractivity contribution in [1.29, 1.82) is 0 Å². The maximum absolute atomic E-state index is 3.80. The van der Waals surface area contributed by atoms with E-state index in [4.69, 9.17) is 0 Å². The molecule has 1 saturated heterocycles. The first-order valence-electron chi connectivity index (χ1n) is 7.83. The number of hydrogen-bond acceptors (Lipinski definition) is 3. The molecule has 2 atom stereocenters. The normalized spacial score (nSPS) is 20.7. The fraction of sp³-hybridized carbons (Fsp3) is 0.444. The Kier molecular flexibility index (Phi) is 5.07. The van der Waals surface area contributed by atoms with E-state index >= 15 is 0 Å². The molecule has 1 N–H and O–H groups in total. The predicted octanol–water partition coefficient (Wildman–Crippen LogP) is 3.54.